The van der Waals surface area contributed by atoms with Gasteiger partial charge in [-0.3, -0.25) is 0 Å². The summed E-state index contributed by atoms with van der Waals surface area (Å²) in [6, 6.07) is 7.02. The summed E-state index contributed by atoms with van der Waals surface area (Å²) in [6.07, 6.45) is 0. The van der Waals surface area contributed by atoms with Crippen molar-refractivity contribution in [3.8, 4) is 17.2 Å². The molecule has 0 saturated carbocycles. The number of carbonyl (C=O) groups is 1. The van der Waals surface area contributed by atoms with E-state index in [4.69, 9.17) is 25.8 Å². The van der Waals surface area contributed by atoms with Gasteiger partial charge >= 0.3 is 5.97 Å². The van der Waals surface area contributed by atoms with Crippen LogP contribution in [0, 0.1) is 0 Å². The minimum absolute atomic E-state index is 0.0389. The zero-order valence-corrected chi connectivity index (χ0v) is 12.7. The molecule has 3 rings (SSSR count). The highest BCUT2D eigenvalue weighted by Crippen LogP contribution is 2.32. The van der Waals surface area contributed by atoms with E-state index in [0.717, 1.165) is 11.6 Å². The zero-order valence-electron chi connectivity index (χ0n) is 11.9. The molecule has 0 aliphatic carbocycles. The van der Waals surface area contributed by atoms with Crippen LogP contribution >= 0.6 is 11.6 Å². The Kier molecular flexibility index (Phi) is 4.27. The lowest BCUT2D eigenvalue weighted by molar-refractivity contribution is -0.0180. The number of carbonyl (C=O) groups excluding carboxylic acids is 1. The predicted molar refractivity (Wildman–Crippen MR) is 80.6 cm³/mol. The lowest BCUT2D eigenvalue weighted by Crippen LogP contribution is -2.14. The number of phenolic OH excluding ortho intramolecular Hbond substituents is 2. The van der Waals surface area contributed by atoms with Crippen LogP contribution in [0.25, 0.3) is 0 Å². The van der Waals surface area contributed by atoms with Gasteiger partial charge in [0.2, 0.25) is 0 Å². The third-order valence-electron chi connectivity index (χ3n) is 3.31. The smallest absolute Gasteiger partial charge is 0.342 e. The van der Waals surface area contributed by atoms with Crippen LogP contribution in [0.4, 0.5) is 0 Å². The number of rotatable bonds is 3. The van der Waals surface area contributed by atoms with Gasteiger partial charge in [-0.25, -0.2) is 4.79 Å². The van der Waals surface area contributed by atoms with Crippen molar-refractivity contribution in [2.24, 2.45) is 0 Å². The first-order chi connectivity index (χ1) is 11.0. The van der Waals surface area contributed by atoms with Gasteiger partial charge in [0.1, 0.15) is 29.4 Å². The lowest BCUT2D eigenvalue weighted by atomic mass is 10.1. The summed E-state index contributed by atoms with van der Waals surface area (Å²) in [5, 5.41) is 19.4. The maximum Gasteiger partial charge on any atom is 0.342 e. The second kappa shape index (κ2) is 6.36. The molecule has 0 amide bonds. The molecule has 2 aromatic carbocycles. The van der Waals surface area contributed by atoms with Crippen molar-refractivity contribution in [3.63, 3.8) is 0 Å². The van der Waals surface area contributed by atoms with Gasteiger partial charge in [0.25, 0.3) is 0 Å². The molecule has 23 heavy (non-hydrogen) atoms. The number of aromatic hydroxyl groups is 2. The van der Waals surface area contributed by atoms with Crippen molar-refractivity contribution in [1.82, 2.24) is 0 Å². The van der Waals surface area contributed by atoms with Gasteiger partial charge in [0.05, 0.1) is 6.61 Å². The Balaban J connectivity index is 1.78. The van der Waals surface area contributed by atoms with Gasteiger partial charge in [0.15, 0.2) is 6.79 Å². The summed E-state index contributed by atoms with van der Waals surface area (Å²) in [6.45, 7) is 0.423. The van der Waals surface area contributed by atoms with Crippen LogP contribution in [0.15, 0.2) is 30.3 Å². The highest BCUT2D eigenvalue weighted by atomic mass is 35.5. The second-order valence-electron chi connectivity index (χ2n) is 4.94. The van der Waals surface area contributed by atoms with Crippen molar-refractivity contribution >= 4 is 17.6 Å². The third-order valence-corrected chi connectivity index (χ3v) is 3.53. The third kappa shape index (κ3) is 3.33. The van der Waals surface area contributed by atoms with E-state index in [-0.39, 0.29) is 30.5 Å². The van der Waals surface area contributed by atoms with Crippen LogP contribution in [-0.4, -0.2) is 23.0 Å². The Labute approximate surface area is 136 Å². The van der Waals surface area contributed by atoms with Crippen LogP contribution in [-0.2, 0) is 22.7 Å². The van der Waals surface area contributed by atoms with Gasteiger partial charge in [0, 0.05) is 22.2 Å². The average Bonchev–Trinajstić information content (AvgIpc) is 2.52. The first-order valence-corrected chi connectivity index (χ1v) is 7.13. The van der Waals surface area contributed by atoms with E-state index in [2.05, 4.69) is 0 Å². The van der Waals surface area contributed by atoms with Crippen LogP contribution in [0.1, 0.15) is 21.5 Å². The molecule has 1 aliphatic rings. The number of fused-ring (bicyclic) bond motifs is 1. The van der Waals surface area contributed by atoms with E-state index in [1.807, 2.05) is 0 Å². The van der Waals surface area contributed by atoms with Crippen molar-refractivity contribution in [1.29, 1.82) is 0 Å². The lowest BCUT2D eigenvalue weighted by Gasteiger charge is -2.21. The minimum atomic E-state index is -0.719. The Hall–Kier alpha value is -2.44. The number of hydrogen-bond acceptors (Lipinski definition) is 6. The predicted octanol–water partition coefficient (Wildman–Crippen LogP) is 2.97. The number of hydrogen-bond donors (Lipinski definition) is 2. The van der Waals surface area contributed by atoms with E-state index < -0.39 is 5.97 Å². The Morgan fingerprint density at radius 3 is 2.87 bits per heavy atom. The summed E-state index contributed by atoms with van der Waals surface area (Å²) in [4.78, 5) is 12.0. The van der Waals surface area contributed by atoms with E-state index in [9.17, 15) is 15.0 Å². The van der Waals surface area contributed by atoms with Gasteiger partial charge < -0.3 is 24.4 Å². The molecule has 6 nitrogen and oxygen atoms in total. The average molecular weight is 337 g/mol. The summed E-state index contributed by atoms with van der Waals surface area (Å²) in [5.74, 6) is -0.629. The zero-order chi connectivity index (χ0) is 16.4. The maximum atomic E-state index is 12.0. The molecule has 120 valence electrons. The van der Waals surface area contributed by atoms with Crippen LogP contribution in [0.5, 0.6) is 17.2 Å². The number of halogens is 1. The van der Waals surface area contributed by atoms with Gasteiger partial charge in [-0.1, -0.05) is 11.6 Å². The van der Waals surface area contributed by atoms with E-state index in [1.165, 1.54) is 12.1 Å². The maximum absolute atomic E-state index is 12.0. The van der Waals surface area contributed by atoms with Gasteiger partial charge in [-0.05, 0) is 24.3 Å². The molecule has 0 unspecified atom stereocenters. The van der Waals surface area contributed by atoms with Crippen molar-refractivity contribution in [2.75, 3.05) is 6.79 Å². The SMILES string of the molecule is O=C(OCc1cc(Cl)cc2c1OCOC2)c1ccc(O)cc1O. The topological polar surface area (TPSA) is 85.2 Å². The molecule has 0 radical (unpaired) electrons. The molecule has 1 aliphatic heterocycles. The fourth-order valence-corrected chi connectivity index (χ4v) is 2.54. The molecule has 0 fully saturated rings. The quantitative estimate of drug-likeness (QED) is 0.838. The van der Waals surface area contributed by atoms with Crippen molar-refractivity contribution in [2.45, 2.75) is 13.2 Å². The molecule has 0 saturated heterocycles. The normalized spacial score (nSPS) is 13.1. The molecule has 1 heterocycles. The molecule has 0 aromatic heterocycles. The van der Waals surface area contributed by atoms with Gasteiger partial charge in [-0.15, -0.1) is 0 Å². The van der Waals surface area contributed by atoms with Crippen LogP contribution in [0.3, 0.4) is 0 Å². The fourth-order valence-electron chi connectivity index (χ4n) is 2.28. The summed E-state index contributed by atoms with van der Waals surface area (Å²) in [7, 11) is 0. The highest BCUT2D eigenvalue weighted by molar-refractivity contribution is 6.30. The Morgan fingerprint density at radius 2 is 2.09 bits per heavy atom. The standard InChI is InChI=1S/C16H13ClO6/c17-11-3-9-6-21-8-23-15(9)10(4-11)7-22-16(20)13-2-1-12(18)5-14(13)19/h1-5,18-19H,6-8H2. The summed E-state index contributed by atoms with van der Waals surface area (Å²) < 4.78 is 15.8. The molecular weight excluding hydrogens is 324 g/mol. The first-order valence-electron chi connectivity index (χ1n) is 6.75. The van der Waals surface area contributed by atoms with Crippen LogP contribution < -0.4 is 4.74 Å². The molecule has 0 atom stereocenters. The second-order valence-corrected chi connectivity index (χ2v) is 5.38. The van der Waals surface area contributed by atoms with Crippen molar-refractivity contribution < 1.29 is 29.2 Å². The van der Waals surface area contributed by atoms with E-state index in [0.29, 0.717) is 22.9 Å². The van der Waals surface area contributed by atoms with Crippen molar-refractivity contribution in [3.05, 3.63) is 52.0 Å². The Morgan fingerprint density at radius 1 is 1.26 bits per heavy atom. The number of benzene rings is 2. The first kappa shape index (κ1) is 15.5. The molecule has 2 aromatic rings. The Bertz CT molecular complexity index is 758. The van der Waals surface area contributed by atoms with E-state index >= 15 is 0 Å². The van der Waals surface area contributed by atoms with Gasteiger partial charge in [-0.2, -0.15) is 0 Å². The largest absolute Gasteiger partial charge is 0.508 e. The number of phenols is 2. The summed E-state index contributed by atoms with van der Waals surface area (Å²) >= 11 is 6.04. The molecule has 0 spiro atoms. The molecule has 0 bridgehead atoms. The highest BCUT2D eigenvalue weighted by Gasteiger charge is 2.19. The number of esters is 1. The fraction of sp³-hybridized carbons (Fsp3) is 0.188. The summed E-state index contributed by atoms with van der Waals surface area (Å²) in [5.41, 5.74) is 1.35. The molecule has 7 heteroatoms. The minimum Gasteiger partial charge on any atom is -0.508 e. The number of ether oxygens (including phenoxy) is 3. The monoisotopic (exact) mass is 336 g/mol. The van der Waals surface area contributed by atoms with Crippen LogP contribution in [0.2, 0.25) is 5.02 Å². The molecule has 2 N–H and O–H groups in total. The molecular formula is C16H13ClO6. The van der Waals surface area contributed by atoms with E-state index in [1.54, 1.807) is 12.1 Å².